The van der Waals surface area contributed by atoms with E-state index in [-0.39, 0.29) is 83.2 Å². The molecule has 3 heterocycles. The number of rotatable bonds is 23. The molecule has 0 unspecified atom stereocenters. The molecule has 21 nitrogen and oxygen atoms in total. The van der Waals surface area contributed by atoms with Crippen LogP contribution in [0.25, 0.3) is 0 Å². The standard InChI is InChI=1S/C53H84N8O13/c1-3-4-5-6-7-8-9-10-11-12-13-14-15-22-45(66)55-39-19-16-17-20-42(53(73)74)58-50(70)43-30-37(64)32-60(43)51(71)41(21-18-29-54)57-47(67)40(28-25-35-23-26-36(63)27-24-35)56-49(69)44-31-38(65)33-61(44)52(72)46(34(2)62)59-48(39)68/h16-17,23-24,26-27,34,37-44,46,62-65H,3-15,18-22,25,28-33,54H2,1-2H3,(H,55,66)(H,56,69)(H,57,67)(H,58,70)(H,59,68)(H,73,74)/b17-16+/t34-,37-,38-,39-,40+,41+,42+,43+,44+,46+/m1/s1. The molecule has 3 aliphatic rings. The van der Waals surface area contributed by atoms with Gasteiger partial charge in [-0.15, -0.1) is 0 Å². The van der Waals surface area contributed by atoms with E-state index in [1.165, 1.54) is 82.6 Å². The second-order valence-corrected chi connectivity index (χ2v) is 20.2. The number of aryl methyl sites for hydroxylation is 1. The maximum absolute atomic E-state index is 14.4. The first-order valence-corrected chi connectivity index (χ1v) is 27.0. The highest BCUT2D eigenvalue weighted by molar-refractivity contribution is 5.98. The Morgan fingerprint density at radius 1 is 0.676 bits per heavy atom. The molecule has 7 amide bonds. The first kappa shape index (κ1) is 60.9. The Morgan fingerprint density at radius 2 is 1.20 bits per heavy atom. The number of aromatic hydroxyl groups is 1. The minimum Gasteiger partial charge on any atom is -0.508 e. The van der Waals surface area contributed by atoms with Crippen molar-refractivity contribution >= 4 is 47.3 Å². The summed E-state index contributed by atoms with van der Waals surface area (Å²) < 4.78 is 0. The van der Waals surface area contributed by atoms with E-state index < -0.39 is 108 Å². The van der Waals surface area contributed by atoms with Crippen LogP contribution in [0.1, 0.15) is 154 Å². The lowest BCUT2D eigenvalue weighted by molar-refractivity contribution is -0.145. The highest BCUT2D eigenvalue weighted by atomic mass is 16.4. The lowest BCUT2D eigenvalue weighted by Crippen LogP contribution is -2.61. The average molecular weight is 1040 g/mol. The van der Waals surface area contributed by atoms with E-state index >= 15 is 0 Å². The number of nitrogens with one attached hydrogen (secondary N) is 5. The third kappa shape index (κ3) is 19.9. The SMILES string of the molecule is CCCCCCCCCCCCCCCC(=O)N[C@@H]1C/C=C/C[C@@H](C(=O)O)NC(=O)[C@@H]2C[C@@H](O)CN2C(=O)[C@H](CCCN)NC(=O)[C@H](CCc2ccc(O)cc2)NC(=O)[C@@H]2C[C@@H](O)CN2C(=O)[C@H]([C@@H](C)O)NC1=O. The number of nitrogens with two attached hydrogens (primary N) is 1. The van der Waals surface area contributed by atoms with Gasteiger partial charge in [-0.05, 0) is 76.1 Å². The molecule has 1 aromatic rings. The Balaban J connectivity index is 1.61. The maximum Gasteiger partial charge on any atom is 0.326 e. The second-order valence-electron chi connectivity index (χ2n) is 20.2. The van der Waals surface area contributed by atoms with E-state index in [0.29, 0.717) is 12.0 Å². The number of hydrogen-bond acceptors (Lipinski definition) is 13. The number of nitrogens with zero attached hydrogens (tertiary/aromatic N) is 2. The predicted molar refractivity (Wildman–Crippen MR) is 275 cm³/mol. The zero-order chi connectivity index (χ0) is 54.2. The van der Waals surface area contributed by atoms with Gasteiger partial charge in [-0.1, -0.05) is 108 Å². The van der Waals surface area contributed by atoms with E-state index in [9.17, 15) is 63.9 Å². The van der Waals surface area contributed by atoms with E-state index in [1.54, 1.807) is 12.1 Å². The molecule has 4 rings (SSSR count). The number of phenols is 1. The first-order valence-electron chi connectivity index (χ1n) is 27.0. The summed E-state index contributed by atoms with van der Waals surface area (Å²) in [7, 11) is 0. The molecule has 0 radical (unpaired) electrons. The topological polar surface area (TPSA) is 330 Å². The van der Waals surface area contributed by atoms with Crippen LogP contribution < -0.4 is 32.3 Å². The largest absolute Gasteiger partial charge is 0.508 e. The number of aliphatic hydroxyl groups excluding tert-OH is 3. The third-order valence-corrected chi connectivity index (χ3v) is 14.1. The van der Waals surface area contributed by atoms with Crippen molar-refractivity contribution in [3.8, 4) is 5.75 Å². The van der Waals surface area contributed by atoms with Gasteiger partial charge in [-0.25, -0.2) is 4.79 Å². The quantitative estimate of drug-likeness (QED) is 0.0550. The summed E-state index contributed by atoms with van der Waals surface area (Å²) in [4.78, 5) is 113. The number of benzene rings is 1. The number of carbonyl (C=O) groups is 8. The lowest BCUT2D eigenvalue weighted by atomic mass is 10.0. The number of aliphatic carboxylic acids is 1. The Morgan fingerprint density at radius 3 is 1.76 bits per heavy atom. The smallest absolute Gasteiger partial charge is 0.326 e. The van der Waals surface area contributed by atoms with Crippen LogP contribution in [0, 0.1) is 0 Å². The molecule has 12 N–H and O–H groups in total. The Labute approximate surface area is 435 Å². The van der Waals surface area contributed by atoms with E-state index in [2.05, 4.69) is 33.5 Å². The monoisotopic (exact) mass is 1040 g/mol. The number of fused-ring (bicyclic) bond motifs is 2. The molecule has 414 valence electrons. The molecule has 0 bridgehead atoms. The predicted octanol–water partition coefficient (Wildman–Crippen LogP) is 1.71. The highest BCUT2D eigenvalue weighted by Crippen LogP contribution is 2.24. The molecular weight excluding hydrogens is 957 g/mol. The number of carboxylic acid groups (broad SMARTS) is 1. The van der Waals surface area contributed by atoms with Gasteiger partial charge in [0.2, 0.25) is 41.4 Å². The maximum atomic E-state index is 14.4. The molecule has 3 aliphatic heterocycles. The summed E-state index contributed by atoms with van der Waals surface area (Å²) in [6, 6.07) is -3.90. The summed E-state index contributed by atoms with van der Waals surface area (Å²) in [5.74, 6) is -7.05. The summed E-state index contributed by atoms with van der Waals surface area (Å²) in [5, 5.41) is 65.7. The van der Waals surface area contributed by atoms with Crippen molar-refractivity contribution in [3.63, 3.8) is 0 Å². The van der Waals surface area contributed by atoms with E-state index in [1.807, 2.05) is 0 Å². The van der Waals surface area contributed by atoms with Crippen LogP contribution >= 0.6 is 0 Å². The van der Waals surface area contributed by atoms with Crippen molar-refractivity contribution in [2.75, 3.05) is 19.6 Å². The number of unbranched alkanes of at least 4 members (excludes halogenated alkanes) is 12. The van der Waals surface area contributed by atoms with Gasteiger partial charge >= 0.3 is 5.97 Å². The molecule has 2 fully saturated rings. The number of phenolic OH excluding ortho intramolecular Hbond substituents is 1. The van der Waals surface area contributed by atoms with Gasteiger partial charge in [0.1, 0.15) is 48.0 Å². The molecular formula is C53H84N8O13. The molecule has 21 heteroatoms. The number of aliphatic hydroxyl groups is 3. The fourth-order valence-electron chi connectivity index (χ4n) is 9.75. The van der Waals surface area contributed by atoms with Gasteiger partial charge in [-0.3, -0.25) is 33.6 Å². The van der Waals surface area contributed by atoms with Crippen LogP contribution in [0.3, 0.4) is 0 Å². The van der Waals surface area contributed by atoms with Crippen molar-refractivity contribution in [2.45, 2.75) is 216 Å². The van der Waals surface area contributed by atoms with Crippen molar-refractivity contribution in [1.29, 1.82) is 0 Å². The van der Waals surface area contributed by atoms with Gasteiger partial charge in [-0.2, -0.15) is 0 Å². The van der Waals surface area contributed by atoms with E-state index in [4.69, 9.17) is 5.73 Å². The molecule has 1 aromatic carbocycles. The first-order chi connectivity index (χ1) is 35.4. The van der Waals surface area contributed by atoms with Crippen molar-refractivity contribution in [3.05, 3.63) is 42.0 Å². The Bertz CT molecular complexity index is 2020. The van der Waals surface area contributed by atoms with Crippen LogP contribution in [0.5, 0.6) is 5.75 Å². The normalized spacial score (nSPS) is 26.5. The molecule has 0 aromatic heterocycles. The summed E-state index contributed by atoms with van der Waals surface area (Å²) in [6.07, 6.45) is 12.7. The number of amides is 7. The van der Waals surface area contributed by atoms with Crippen molar-refractivity contribution < 1.29 is 63.9 Å². The molecule has 0 saturated carbocycles. The Hall–Kier alpha value is -5.64. The fraction of sp³-hybridized carbons (Fsp3) is 0.698. The van der Waals surface area contributed by atoms with Crippen LogP contribution in [-0.4, -0.2) is 163 Å². The average Bonchev–Trinajstić information content (AvgIpc) is 3.97. The lowest BCUT2D eigenvalue weighted by Gasteiger charge is -2.32. The molecule has 0 aliphatic carbocycles. The van der Waals surface area contributed by atoms with Gasteiger partial charge in [0.25, 0.3) is 0 Å². The Kier molecular flexibility index (Phi) is 26.3. The molecule has 2 saturated heterocycles. The summed E-state index contributed by atoms with van der Waals surface area (Å²) in [5.41, 5.74) is 6.48. The van der Waals surface area contributed by atoms with Gasteiger partial charge in [0.05, 0.1) is 18.3 Å². The molecule has 0 spiro atoms. The van der Waals surface area contributed by atoms with Crippen molar-refractivity contribution in [2.24, 2.45) is 5.73 Å². The zero-order valence-corrected chi connectivity index (χ0v) is 43.4. The minimum absolute atomic E-state index is 0.00350. The highest BCUT2D eigenvalue weighted by Gasteiger charge is 2.45. The number of hydrogen-bond donors (Lipinski definition) is 11. The number of carboxylic acids is 1. The molecule has 10 atom stereocenters. The van der Waals surface area contributed by atoms with Crippen LogP contribution in [0.15, 0.2) is 36.4 Å². The van der Waals surface area contributed by atoms with Crippen LogP contribution in [-0.2, 0) is 44.8 Å². The van der Waals surface area contributed by atoms with Crippen LogP contribution in [0.4, 0.5) is 0 Å². The second kappa shape index (κ2) is 31.9. The summed E-state index contributed by atoms with van der Waals surface area (Å²) >= 11 is 0. The van der Waals surface area contributed by atoms with Gasteiger partial charge in [0, 0.05) is 32.4 Å². The fourth-order valence-corrected chi connectivity index (χ4v) is 9.75. The van der Waals surface area contributed by atoms with Crippen molar-refractivity contribution in [1.82, 2.24) is 36.4 Å². The molecule has 74 heavy (non-hydrogen) atoms. The summed E-state index contributed by atoms with van der Waals surface area (Å²) in [6.45, 7) is 2.87. The third-order valence-electron chi connectivity index (χ3n) is 14.1. The minimum atomic E-state index is -1.68. The van der Waals surface area contributed by atoms with E-state index in [0.717, 1.165) is 35.5 Å². The van der Waals surface area contributed by atoms with Gasteiger partial charge in [0.15, 0.2) is 0 Å². The van der Waals surface area contributed by atoms with Gasteiger partial charge < -0.3 is 67.7 Å². The number of carbonyl (C=O) groups excluding carboxylic acids is 7. The van der Waals surface area contributed by atoms with Crippen LogP contribution in [0.2, 0.25) is 0 Å². The zero-order valence-electron chi connectivity index (χ0n) is 43.4.